The average Bonchev–Trinajstić information content (AvgIpc) is 2.61. The van der Waals surface area contributed by atoms with Gasteiger partial charge in [0.15, 0.2) is 0 Å². The number of hydrogen-bond donors (Lipinski definition) is 2. The van der Waals surface area contributed by atoms with E-state index in [9.17, 15) is 9.18 Å². The minimum atomic E-state index is -0.589. The van der Waals surface area contributed by atoms with E-state index >= 15 is 0 Å². The summed E-state index contributed by atoms with van der Waals surface area (Å²) in [5, 5.41) is 9.44. The maximum Gasteiger partial charge on any atom is 0.239 e. The molecule has 0 radical (unpaired) electrons. The van der Waals surface area contributed by atoms with E-state index in [4.69, 9.17) is 23.2 Å². The predicted molar refractivity (Wildman–Crippen MR) is 60.4 cm³/mol. The van der Waals surface area contributed by atoms with Crippen LogP contribution in [0.1, 0.15) is 0 Å². The number of hydrogen-bond acceptors (Lipinski definition) is 2. The van der Waals surface area contributed by atoms with Crippen molar-refractivity contribution in [3.8, 4) is 0 Å². The molecule has 0 fully saturated rings. The number of halogens is 3. The zero-order valence-electron chi connectivity index (χ0n) is 7.85. The van der Waals surface area contributed by atoms with Crippen LogP contribution in [0.25, 0.3) is 10.9 Å². The van der Waals surface area contributed by atoms with Gasteiger partial charge in [0, 0.05) is 11.5 Å². The number of aromatic nitrogens is 2. The number of aromatic amines is 1. The Morgan fingerprint density at radius 2 is 2.31 bits per heavy atom. The molecule has 0 aliphatic carbocycles. The Morgan fingerprint density at radius 3 is 3.00 bits per heavy atom. The van der Waals surface area contributed by atoms with Gasteiger partial charge in [-0.05, 0) is 6.07 Å². The van der Waals surface area contributed by atoms with Crippen LogP contribution in [0.5, 0.6) is 0 Å². The molecule has 0 atom stereocenters. The average molecular weight is 262 g/mol. The molecule has 1 amide bonds. The maximum atomic E-state index is 13.5. The van der Waals surface area contributed by atoms with Crippen LogP contribution in [0.3, 0.4) is 0 Å². The Bertz CT molecular complexity index is 555. The fourth-order valence-electron chi connectivity index (χ4n) is 1.28. The first-order valence-corrected chi connectivity index (χ1v) is 5.22. The number of anilines is 1. The van der Waals surface area contributed by atoms with E-state index in [1.807, 2.05) is 0 Å². The monoisotopic (exact) mass is 261 g/mol. The molecule has 4 nitrogen and oxygen atoms in total. The SMILES string of the molecule is O=C(CCl)Nc1cc2c(Cl)[nH]nc2cc1F. The Kier molecular flexibility index (Phi) is 2.98. The highest BCUT2D eigenvalue weighted by atomic mass is 35.5. The molecule has 0 aliphatic rings. The first kappa shape index (κ1) is 11.2. The second-order valence-electron chi connectivity index (χ2n) is 3.07. The van der Waals surface area contributed by atoms with Crippen LogP contribution < -0.4 is 5.32 Å². The highest BCUT2D eigenvalue weighted by Crippen LogP contribution is 2.26. The van der Waals surface area contributed by atoms with Gasteiger partial charge in [0.1, 0.15) is 16.9 Å². The summed E-state index contributed by atoms with van der Waals surface area (Å²) in [7, 11) is 0. The molecule has 1 heterocycles. The van der Waals surface area contributed by atoms with Gasteiger partial charge >= 0.3 is 0 Å². The molecule has 0 unspecified atom stereocenters. The molecule has 84 valence electrons. The van der Waals surface area contributed by atoms with Gasteiger partial charge < -0.3 is 5.32 Å². The number of nitrogens with zero attached hydrogens (tertiary/aromatic N) is 1. The summed E-state index contributed by atoms with van der Waals surface area (Å²) in [6.07, 6.45) is 0. The fourth-order valence-corrected chi connectivity index (χ4v) is 1.54. The van der Waals surface area contributed by atoms with Gasteiger partial charge in [-0.15, -0.1) is 11.6 Å². The van der Waals surface area contributed by atoms with Crippen molar-refractivity contribution < 1.29 is 9.18 Å². The zero-order valence-corrected chi connectivity index (χ0v) is 9.36. The number of rotatable bonds is 2. The summed E-state index contributed by atoms with van der Waals surface area (Å²) in [6.45, 7) is 0. The molecule has 0 saturated carbocycles. The van der Waals surface area contributed by atoms with Crippen molar-refractivity contribution in [2.75, 3.05) is 11.2 Å². The van der Waals surface area contributed by atoms with Gasteiger partial charge in [0.05, 0.1) is 11.2 Å². The molecular weight excluding hydrogens is 256 g/mol. The second kappa shape index (κ2) is 4.27. The molecule has 0 spiro atoms. The number of benzene rings is 1. The molecule has 7 heteroatoms. The standard InChI is InChI=1S/C9H6Cl2FN3O/c10-3-8(16)13-7-1-4-6(2-5(7)12)14-15-9(4)11/h1-2H,3H2,(H,13,16)(H,14,15). The molecule has 0 bridgehead atoms. The highest BCUT2D eigenvalue weighted by Gasteiger charge is 2.11. The van der Waals surface area contributed by atoms with E-state index in [0.717, 1.165) is 0 Å². The van der Waals surface area contributed by atoms with Crippen molar-refractivity contribution in [3.05, 3.63) is 23.1 Å². The van der Waals surface area contributed by atoms with Crippen molar-refractivity contribution in [3.63, 3.8) is 0 Å². The fraction of sp³-hybridized carbons (Fsp3) is 0.111. The number of carbonyl (C=O) groups excluding carboxylic acids is 1. The van der Waals surface area contributed by atoms with E-state index in [0.29, 0.717) is 10.9 Å². The smallest absolute Gasteiger partial charge is 0.239 e. The number of alkyl halides is 1. The largest absolute Gasteiger partial charge is 0.323 e. The van der Waals surface area contributed by atoms with Gasteiger partial charge in [-0.2, -0.15) is 5.10 Å². The van der Waals surface area contributed by atoms with Crippen molar-refractivity contribution in [1.82, 2.24) is 10.2 Å². The van der Waals surface area contributed by atoms with Crippen LogP contribution in [0.2, 0.25) is 5.15 Å². The lowest BCUT2D eigenvalue weighted by atomic mass is 10.2. The van der Waals surface area contributed by atoms with Gasteiger partial charge in [-0.1, -0.05) is 11.6 Å². The highest BCUT2D eigenvalue weighted by molar-refractivity contribution is 6.34. The Morgan fingerprint density at radius 1 is 1.56 bits per heavy atom. The van der Waals surface area contributed by atoms with E-state index < -0.39 is 11.7 Å². The Labute approximate surface area is 99.7 Å². The maximum absolute atomic E-state index is 13.5. The summed E-state index contributed by atoms with van der Waals surface area (Å²) in [6, 6.07) is 2.59. The number of nitrogens with one attached hydrogen (secondary N) is 2. The van der Waals surface area contributed by atoms with Gasteiger partial charge in [-0.25, -0.2) is 4.39 Å². The third kappa shape index (κ3) is 1.96. The number of amides is 1. The lowest BCUT2D eigenvalue weighted by Gasteiger charge is -2.04. The third-order valence-electron chi connectivity index (χ3n) is 1.99. The van der Waals surface area contributed by atoms with E-state index in [2.05, 4.69) is 15.5 Å². The molecule has 0 saturated heterocycles. The van der Waals surface area contributed by atoms with Gasteiger partial charge in [-0.3, -0.25) is 9.89 Å². The lowest BCUT2D eigenvalue weighted by molar-refractivity contribution is -0.113. The number of carbonyl (C=O) groups is 1. The Balaban J connectivity index is 2.48. The summed E-state index contributed by atoms with van der Waals surface area (Å²) in [4.78, 5) is 11.0. The van der Waals surface area contributed by atoms with E-state index in [1.165, 1.54) is 12.1 Å². The van der Waals surface area contributed by atoms with E-state index in [1.54, 1.807) is 0 Å². The molecular formula is C9H6Cl2FN3O. The quantitative estimate of drug-likeness (QED) is 0.817. The van der Waals surface area contributed by atoms with E-state index in [-0.39, 0.29) is 16.7 Å². The molecule has 1 aromatic carbocycles. The molecule has 0 aliphatic heterocycles. The first-order chi connectivity index (χ1) is 7.61. The van der Waals surface area contributed by atoms with Crippen LogP contribution in [-0.2, 0) is 4.79 Å². The van der Waals surface area contributed by atoms with Crippen molar-refractivity contribution in [2.24, 2.45) is 0 Å². The summed E-state index contributed by atoms with van der Waals surface area (Å²) in [5.41, 5.74) is 0.424. The number of fused-ring (bicyclic) bond motifs is 1. The third-order valence-corrected chi connectivity index (χ3v) is 2.52. The minimum Gasteiger partial charge on any atom is -0.323 e. The second-order valence-corrected chi connectivity index (χ2v) is 3.71. The summed E-state index contributed by atoms with van der Waals surface area (Å²) >= 11 is 11.1. The van der Waals surface area contributed by atoms with Crippen LogP contribution in [0, 0.1) is 5.82 Å². The molecule has 2 rings (SSSR count). The van der Waals surface area contributed by atoms with Crippen LogP contribution in [0.15, 0.2) is 12.1 Å². The van der Waals surface area contributed by atoms with Crippen LogP contribution in [0.4, 0.5) is 10.1 Å². The minimum absolute atomic E-state index is 0.0291. The zero-order chi connectivity index (χ0) is 11.7. The van der Waals surface area contributed by atoms with Crippen molar-refractivity contribution >= 4 is 45.7 Å². The number of H-pyrrole nitrogens is 1. The van der Waals surface area contributed by atoms with Crippen LogP contribution in [-0.4, -0.2) is 22.0 Å². The lowest BCUT2D eigenvalue weighted by Crippen LogP contribution is -2.13. The van der Waals surface area contributed by atoms with Gasteiger partial charge in [0.25, 0.3) is 0 Å². The van der Waals surface area contributed by atoms with Crippen molar-refractivity contribution in [1.29, 1.82) is 0 Å². The molecule has 1 aromatic heterocycles. The normalized spacial score (nSPS) is 10.7. The topological polar surface area (TPSA) is 57.8 Å². The van der Waals surface area contributed by atoms with Crippen molar-refractivity contribution in [2.45, 2.75) is 0 Å². The molecule has 16 heavy (non-hydrogen) atoms. The summed E-state index contributed by atoms with van der Waals surface area (Å²) < 4.78 is 13.5. The Hall–Kier alpha value is -1.33. The predicted octanol–water partition coefficient (Wildman–Crippen LogP) is 2.53. The first-order valence-electron chi connectivity index (χ1n) is 4.30. The molecule has 2 N–H and O–H groups in total. The summed E-state index contributed by atoms with van der Waals surface area (Å²) in [5.74, 6) is -1.31. The van der Waals surface area contributed by atoms with Gasteiger partial charge in [0.2, 0.25) is 5.91 Å². The van der Waals surface area contributed by atoms with Crippen LogP contribution >= 0.6 is 23.2 Å². The molecule has 2 aromatic rings.